The Kier molecular flexibility index (Phi) is 36.3. The number of esters is 2. The SMILES string of the molecule is CCCCCCCCCCCCCCCC(=O)O[C@H](COC(=O)CCC/C=C\C/C=C\C/C=C\C=C\[C@H](O)CCCCC)COP(=O)(O)OC[C@@H](O)CO. The molecule has 0 bridgehead atoms. The van der Waals surface area contributed by atoms with Crippen LogP contribution in [0.2, 0.25) is 0 Å². The molecule has 1 unspecified atom stereocenters. The van der Waals surface area contributed by atoms with E-state index in [2.05, 4.69) is 30.5 Å². The number of phosphoric ester groups is 1. The maximum absolute atomic E-state index is 12.6. The number of aliphatic hydroxyl groups excluding tert-OH is 3. The monoisotopic (exact) mass is 787 g/mol. The number of hydrogen-bond donors (Lipinski definition) is 4. The fourth-order valence-electron chi connectivity index (χ4n) is 5.33. The molecule has 0 heterocycles. The Balaban J connectivity index is 4.46. The fraction of sp³-hybridized carbons (Fsp3) is 0.762. The van der Waals surface area contributed by atoms with Crippen molar-refractivity contribution in [3.8, 4) is 0 Å². The van der Waals surface area contributed by atoms with Crippen LogP contribution >= 0.6 is 7.82 Å². The van der Waals surface area contributed by atoms with Crippen molar-refractivity contribution in [1.29, 1.82) is 0 Å². The van der Waals surface area contributed by atoms with E-state index in [1.54, 1.807) is 0 Å². The Labute approximate surface area is 326 Å². The van der Waals surface area contributed by atoms with Crippen LogP contribution in [0.5, 0.6) is 0 Å². The number of carbonyl (C=O) groups excluding carboxylic acids is 2. The van der Waals surface area contributed by atoms with Gasteiger partial charge in [-0.1, -0.05) is 159 Å². The summed E-state index contributed by atoms with van der Waals surface area (Å²) >= 11 is 0. The molecule has 314 valence electrons. The van der Waals surface area contributed by atoms with E-state index in [0.717, 1.165) is 57.8 Å². The van der Waals surface area contributed by atoms with Crippen LogP contribution in [0.15, 0.2) is 48.6 Å². The number of unbranched alkanes of at least 4 members (excludes halogenated alkanes) is 15. The second-order valence-corrected chi connectivity index (χ2v) is 15.3. The summed E-state index contributed by atoms with van der Waals surface area (Å²) in [5.41, 5.74) is 0. The first-order valence-electron chi connectivity index (χ1n) is 20.7. The number of phosphoric acid groups is 1. The van der Waals surface area contributed by atoms with Gasteiger partial charge in [0.25, 0.3) is 0 Å². The lowest BCUT2D eigenvalue weighted by molar-refractivity contribution is -0.161. The predicted octanol–water partition coefficient (Wildman–Crippen LogP) is 9.53. The summed E-state index contributed by atoms with van der Waals surface area (Å²) in [5, 5.41) is 28.2. The van der Waals surface area contributed by atoms with Gasteiger partial charge in [0.1, 0.15) is 12.7 Å². The number of carbonyl (C=O) groups is 2. The zero-order chi connectivity index (χ0) is 40.0. The van der Waals surface area contributed by atoms with Gasteiger partial charge in [-0.15, -0.1) is 0 Å². The highest BCUT2D eigenvalue weighted by molar-refractivity contribution is 7.47. The van der Waals surface area contributed by atoms with Crippen LogP contribution in [0.4, 0.5) is 0 Å². The van der Waals surface area contributed by atoms with Crippen molar-refractivity contribution in [3.63, 3.8) is 0 Å². The third-order valence-corrected chi connectivity index (χ3v) is 9.54. The molecule has 0 saturated carbocycles. The highest BCUT2D eigenvalue weighted by atomic mass is 31.2. The summed E-state index contributed by atoms with van der Waals surface area (Å²) in [7, 11) is -4.64. The second-order valence-electron chi connectivity index (χ2n) is 13.9. The van der Waals surface area contributed by atoms with Crippen molar-refractivity contribution in [2.75, 3.05) is 26.4 Å². The molecule has 4 atom stereocenters. The summed E-state index contributed by atoms with van der Waals surface area (Å²) in [6.07, 6.45) is 35.5. The molecule has 0 saturated heterocycles. The van der Waals surface area contributed by atoms with Gasteiger partial charge in [-0.25, -0.2) is 4.57 Å². The van der Waals surface area contributed by atoms with Crippen LogP contribution < -0.4 is 0 Å². The summed E-state index contributed by atoms with van der Waals surface area (Å²) in [5.74, 6) is -1.02. The topological polar surface area (TPSA) is 169 Å². The van der Waals surface area contributed by atoms with Gasteiger partial charge in [0.15, 0.2) is 6.10 Å². The molecule has 0 aliphatic rings. The van der Waals surface area contributed by atoms with Crippen molar-refractivity contribution in [1.82, 2.24) is 0 Å². The summed E-state index contributed by atoms with van der Waals surface area (Å²) < 4.78 is 32.6. The Hall–Kier alpha value is -2.11. The van der Waals surface area contributed by atoms with Crippen molar-refractivity contribution < 1.29 is 52.9 Å². The van der Waals surface area contributed by atoms with Crippen LogP contribution in [-0.4, -0.2) is 76.9 Å². The smallest absolute Gasteiger partial charge is 0.462 e. The Morgan fingerprint density at radius 3 is 1.80 bits per heavy atom. The maximum atomic E-state index is 12.6. The third kappa shape index (κ3) is 36.8. The minimum atomic E-state index is -4.64. The molecule has 4 N–H and O–H groups in total. The number of aliphatic hydroxyl groups is 3. The zero-order valence-electron chi connectivity index (χ0n) is 33.5. The second kappa shape index (κ2) is 37.8. The summed E-state index contributed by atoms with van der Waals surface area (Å²) in [6, 6.07) is 0. The molecule has 0 aromatic heterocycles. The molecule has 0 spiro atoms. The summed E-state index contributed by atoms with van der Waals surface area (Å²) in [6.45, 7) is 2.17. The number of hydrogen-bond acceptors (Lipinski definition) is 10. The van der Waals surface area contributed by atoms with E-state index < -0.39 is 51.8 Å². The van der Waals surface area contributed by atoms with Crippen LogP contribution in [-0.2, 0) is 32.7 Å². The van der Waals surface area contributed by atoms with E-state index in [0.29, 0.717) is 19.3 Å². The third-order valence-electron chi connectivity index (χ3n) is 8.59. The lowest BCUT2D eigenvalue weighted by Crippen LogP contribution is -2.29. The molecule has 11 nitrogen and oxygen atoms in total. The molecule has 0 rings (SSSR count). The van der Waals surface area contributed by atoms with Crippen LogP contribution in [0.3, 0.4) is 0 Å². The first kappa shape index (κ1) is 51.9. The van der Waals surface area contributed by atoms with Gasteiger partial charge < -0.3 is 29.7 Å². The fourth-order valence-corrected chi connectivity index (χ4v) is 6.12. The molecule has 0 fully saturated rings. The van der Waals surface area contributed by atoms with Gasteiger partial charge in [-0.3, -0.25) is 18.6 Å². The van der Waals surface area contributed by atoms with Gasteiger partial charge in [0.2, 0.25) is 0 Å². The van der Waals surface area contributed by atoms with Crippen molar-refractivity contribution in [2.24, 2.45) is 0 Å². The van der Waals surface area contributed by atoms with E-state index in [-0.39, 0.29) is 25.6 Å². The quantitative estimate of drug-likeness (QED) is 0.0155. The Bertz CT molecular complexity index is 1060. The zero-order valence-corrected chi connectivity index (χ0v) is 34.4. The van der Waals surface area contributed by atoms with E-state index in [1.807, 2.05) is 36.5 Å². The minimum absolute atomic E-state index is 0.146. The van der Waals surface area contributed by atoms with Gasteiger partial charge in [0, 0.05) is 12.8 Å². The highest BCUT2D eigenvalue weighted by Crippen LogP contribution is 2.43. The molecule has 0 aliphatic heterocycles. The highest BCUT2D eigenvalue weighted by Gasteiger charge is 2.27. The molecular formula is C42H75O11P. The maximum Gasteiger partial charge on any atom is 0.472 e. The van der Waals surface area contributed by atoms with Crippen molar-refractivity contribution in [3.05, 3.63) is 48.6 Å². The van der Waals surface area contributed by atoms with E-state index in [1.165, 1.54) is 57.8 Å². The first-order valence-corrected chi connectivity index (χ1v) is 22.2. The normalized spacial score (nSPS) is 15.0. The summed E-state index contributed by atoms with van der Waals surface area (Å²) in [4.78, 5) is 34.9. The number of ether oxygens (including phenoxy) is 2. The van der Waals surface area contributed by atoms with E-state index >= 15 is 0 Å². The molecule has 0 aromatic carbocycles. The van der Waals surface area contributed by atoms with Crippen LogP contribution in [0, 0.1) is 0 Å². The van der Waals surface area contributed by atoms with Gasteiger partial charge in [-0.2, -0.15) is 0 Å². The van der Waals surface area contributed by atoms with Gasteiger partial charge in [-0.05, 0) is 38.5 Å². The molecule has 0 radical (unpaired) electrons. The van der Waals surface area contributed by atoms with Crippen molar-refractivity contribution >= 4 is 19.8 Å². The average molecular weight is 787 g/mol. The number of allylic oxidation sites excluding steroid dienone is 7. The largest absolute Gasteiger partial charge is 0.472 e. The molecule has 0 amide bonds. The first-order chi connectivity index (χ1) is 26.1. The lowest BCUT2D eigenvalue weighted by atomic mass is 10.0. The van der Waals surface area contributed by atoms with Crippen molar-refractivity contribution in [2.45, 2.75) is 180 Å². The van der Waals surface area contributed by atoms with E-state index in [4.69, 9.17) is 19.1 Å². The molecule has 0 aliphatic carbocycles. The van der Waals surface area contributed by atoms with Crippen LogP contribution in [0.1, 0.15) is 162 Å². The van der Waals surface area contributed by atoms with Crippen LogP contribution in [0.25, 0.3) is 0 Å². The molecule has 12 heteroatoms. The van der Waals surface area contributed by atoms with E-state index in [9.17, 15) is 29.3 Å². The number of rotatable bonds is 38. The minimum Gasteiger partial charge on any atom is -0.462 e. The lowest BCUT2D eigenvalue weighted by Gasteiger charge is -2.20. The predicted molar refractivity (Wildman–Crippen MR) is 216 cm³/mol. The molecule has 54 heavy (non-hydrogen) atoms. The molecular weight excluding hydrogens is 711 g/mol. The van der Waals surface area contributed by atoms with Gasteiger partial charge in [0.05, 0.1) is 25.9 Å². The van der Waals surface area contributed by atoms with Gasteiger partial charge >= 0.3 is 19.8 Å². The standard InChI is InChI=1S/C42H75O11P/c1-3-5-7-8-9-10-11-12-15-19-22-25-29-33-42(47)53-40(37-52-54(48,49)51-35-39(45)34-43)36-50-41(46)32-28-24-21-18-16-13-14-17-20-23-27-31-38(44)30-26-6-4-2/h13-14,18,20-21,23,27,31,38-40,43-45H,3-12,15-17,19,22,24-26,28-30,32-37H2,1-2H3,(H,48,49)/b14-13-,21-18-,23-20-,31-27+/t38-,39+,40-/m1/s1. The molecule has 0 aromatic rings. The Morgan fingerprint density at radius 1 is 0.630 bits per heavy atom. The Morgan fingerprint density at radius 2 is 1.17 bits per heavy atom. The average Bonchev–Trinajstić information content (AvgIpc) is 3.15.